The topological polar surface area (TPSA) is 0 Å². The first-order chi connectivity index (χ1) is 0. The molecule has 0 unspecified atom stereocenters. The molecule has 0 aliphatic carbocycles. The standard InChI is InChI=1S/3Na.Zn/q3*+1;+2. The zero-order chi connectivity index (χ0) is 0. The van der Waals surface area contributed by atoms with E-state index >= 15 is 0 Å². The van der Waals surface area contributed by atoms with Gasteiger partial charge in [0.05, 0.1) is 0 Å². The average Bonchev–Trinajstić information content (AvgIpc) is 0. The Morgan fingerprint density at radius 2 is 0.500 bits per heavy atom. The summed E-state index contributed by atoms with van der Waals surface area (Å²) in [4.78, 5) is 0. The Morgan fingerprint density at radius 1 is 0.500 bits per heavy atom. The number of hydrogen-bond donors (Lipinski definition) is 0. The predicted octanol–water partition coefficient (Wildman–Crippen LogP) is -8.99. The summed E-state index contributed by atoms with van der Waals surface area (Å²) in [6.07, 6.45) is 0. The van der Waals surface area contributed by atoms with Gasteiger partial charge >= 0.3 is 108 Å². The fourth-order valence-electron chi connectivity index (χ4n) is 0. The van der Waals surface area contributed by atoms with Gasteiger partial charge in [0.2, 0.25) is 0 Å². The van der Waals surface area contributed by atoms with Crippen LogP contribution in [0, 0.1) is 0 Å². The fraction of sp³-hybridized carbons (Fsp3) is 0. The molecule has 4 heavy (non-hydrogen) atoms. The average molecular weight is 134 g/mol. The van der Waals surface area contributed by atoms with Crippen LogP contribution in [0.25, 0.3) is 0 Å². The van der Waals surface area contributed by atoms with E-state index in [2.05, 4.69) is 0 Å². The molecule has 0 aromatic heterocycles. The molecule has 0 saturated heterocycles. The monoisotopic (exact) mass is 133 g/mol. The molecular formula is Na3Zn+5. The molecule has 0 N–H and O–H groups in total. The van der Waals surface area contributed by atoms with Crippen molar-refractivity contribution >= 4 is 0 Å². The van der Waals surface area contributed by atoms with Crippen LogP contribution in [-0.4, -0.2) is 0 Å². The molecule has 0 rings (SSSR count). The largest absolute Gasteiger partial charge is 2.00 e. The normalized spacial score (nSPS) is 0. The molecule has 0 radical (unpaired) electrons. The Hall–Kier alpha value is 3.62. The molecule has 0 aliphatic heterocycles. The van der Waals surface area contributed by atoms with Crippen LogP contribution < -0.4 is 88.7 Å². The molecule has 0 heterocycles. The Morgan fingerprint density at radius 3 is 0.500 bits per heavy atom. The summed E-state index contributed by atoms with van der Waals surface area (Å²) in [7, 11) is 0. The van der Waals surface area contributed by atoms with E-state index in [1.54, 1.807) is 0 Å². The molecule has 4 heteroatoms. The Balaban J connectivity index is 0. The minimum atomic E-state index is 0. The maximum atomic E-state index is 0. The van der Waals surface area contributed by atoms with Gasteiger partial charge in [0.15, 0.2) is 0 Å². The minimum absolute atomic E-state index is 0. The zero-order valence-electron chi connectivity index (χ0n) is 3.71. The maximum absolute atomic E-state index is 0. The Labute approximate surface area is 105 Å². The van der Waals surface area contributed by atoms with Crippen molar-refractivity contribution in [2.24, 2.45) is 0 Å². The van der Waals surface area contributed by atoms with Crippen molar-refractivity contribution < 1.29 is 108 Å². The van der Waals surface area contributed by atoms with Gasteiger partial charge in [-0.2, -0.15) is 0 Å². The van der Waals surface area contributed by atoms with Gasteiger partial charge in [-0.3, -0.25) is 0 Å². The number of hydrogen-bond acceptors (Lipinski definition) is 0. The van der Waals surface area contributed by atoms with Crippen LogP contribution in [0.1, 0.15) is 0 Å². The van der Waals surface area contributed by atoms with Gasteiger partial charge in [-0.05, 0) is 0 Å². The summed E-state index contributed by atoms with van der Waals surface area (Å²) in [6.45, 7) is 0. The molecule has 0 aromatic carbocycles. The van der Waals surface area contributed by atoms with Crippen LogP contribution in [0.15, 0.2) is 0 Å². The molecule has 0 nitrogen and oxygen atoms in total. The second-order valence-electron chi connectivity index (χ2n) is 0. The van der Waals surface area contributed by atoms with Crippen molar-refractivity contribution in [2.45, 2.75) is 0 Å². The van der Waals surface area contributed by atoms with Crippen LogP contribution >= 0.6 is 0 Å². The van der Waals surface area contributed by atoms with Crippen LogP contribution in [0.4, 0.5) is 0 Å². The van der Waals surface area contributed by atoms with Crippen LogP contribution in [-0.2, 0) is 19.5 Å². The Bertz CT molecular complexity index is 3.25. The smallest absolute Gasteiger partial charge is 1.00 e. The van der Waals surface area contributed by atoms with E-state index in [9.17, 15) is 0 Å². The second kappa shape index (κ2) is 16.0. The summed E-state index contributed by atoms with van der Waals surface area (Å²) in [6, 6.07) is 0. The predicted molar refractivity (Wildman–Crippen MR) is 0 cm³/mol. The molecule has 0 fully saturated rings. The van der Waals surface area contributed by atoms with Gasteiger partial charge in [-0.1, -0.05) is 0 Å². The second-order valence-corrected chi connectivity index (χ2v) is 0. The van der Waals surface area contributed by atoms with Crippen LogP contribution in [0.3, 0.4) is 0 Å². The Kier molecular flexibility index (Phi) is 102. The summed E-state index contributed by atoms with van der Waals surface area (Å²) >= 11 is 0. The van der Waals surface area contributed by atoms with Crippen molar-refractivity contribution in [1.82, 2.24) is 0 Å². The van der Waals surface area contributed by atoms with E-state index in [-0.39, 0.29) is 108 Å². The van der Waals surface area contributed by atoms with E-state index in [1.165, 1.54) is 0 Å². The third-order valence-electron chi connectivity index (χ3n) is 0. The third kappa shape index (κ3) is 9.16. The zero-order valence-corrected chi connectivity index (χ0v) is 12.7. The summed E-state index contributed by atoms with van der Waals surface area (Å²) in [5.74, 6) is 0. The number of rotatable bonds is 0. The molecule has 0 valence electrons. The van der Waals surface area contributed by atoms with Crippen molar-refractivity contribution in [3.63, 3.8) is 0 Å². The van der Waals surface area contributed by atoms with E-state index in [0.29, 0.717) is 0 Å². The fourth-order valence-corrected chi connectivity index (χ4v) is 0. The van der Waals surface area contributed by atoms with E-state index in [1.807, 2.05) is 0 Å². The minimum Gasteiger partial charge on any atom is 1.00 e. The third-order valence-corrected chi connectivity index (χ3v) is 0. The molecular weight excluding hydrogens is 134 g/mol. The van der Waals surface area contributed by atoms with Crippen molar-refractivity contribution in [1.29, 1.82) is 0 Å². The molecule has 0 saturated carbocycles. The quantitative estimate of drug-likeness (QED) is 0.289. The molecule has 0 aromatic rings. The summed E-state index contributed by atoms with van der Waals surface area (Å²) in [5, 5.41) is 0. The SMILES string of the molecule is [Na+].[Na+].[Na+].[Zn+2]. The van der Waals surface area contributed by atoms with Gasteiger partial charge in [0, 0.05) is 0 Å². The van der Waals surface area contributed by atoms with Gasteiger partial charge in [-0.15, -0.1) is 0 Å². The van der Waals surface area contributed by atoms with E-state index in [4.69, 9.17) is 0 Å². The van der Waals surface area contributed by atoms with Crippen molar-refractivity contribution in [3.8, 4) is 0 Å². The molecule has 0 spiro atoms. The first-order valence-corrected chi connectivity index (χ1v) is 0. The van der Waals surface area contributed by atoms with Crippen LogP contribution in [0.5, 0.6) is 0 Å². The van der Waals surface area contributed by atoms with Gasteiger partial charge in [0.1, 0.15) is 0 Å². The van der Waals surface area contributed by atoms with Crippen molar-refractivity contribution in [3.05, 3.63) is 0 Å². The molecule has 0 atom stereocenters. The molecule has 0 aliphatic rings. The van der Waals surface area contributed by atoms with E-state index < -0.39 is 0 Å². The molecule has 0 amide bonds. The summed E-state index contributed by atoms with van der Waals surface area (Å²) < 4.78 is 0. The summed E-state index contributed by atoms with van der Waals surface area (Å²) in [5.41, 5.74) is 0. The van der Waals surface area contributed by atoms with Crippen molar-refractivity contribution in [2.75, 3.05) is 0 Å². The maximum Gasteiger partial charge on any atom is 2.00 e. The molecule has 0 bridgehead atoms. The van der Waals surface area contributed by atoms with Gasteiger partial charge in [-0.25, -0.2) is 0 Å². The first-order valence-electron chi connectivity index (χ1n) is 0. The van der Waals surface area contributed by atoms with Gasteiger partial charge < -0.3 is 0 Å². The van der Waals surface area contributed by atoms with Crippen LogP contribution in [0.2, 0.25) is 0 Å². The van der Waals surface area contributed by atoms with Gasteiger partial charge in [0.25, 0.3) is 0 Å². The first kappa shape index (κ1) is 25.5. The van der Waals surface area contributed by atoms with E-state index in [0.717, 1.165) is 0 Å².